The smallest absolute Gasteiger partial charge is 0.191 e. The van der Waals surface area contributed by atoms with E-state index in [0.29, 0.717) is 37.6 Å². The highest BCUT2D eigenvalue weighted by Gasteiger charge is 2.10. The molecule has 1 aliphatic heterocycles. The standard InChI is InChI=1S/C24H33FN4O2.HI/c1-2-26-24(27-12-11-20-7-3-5-9-22(20)25)28-19-21-8-4-6-10-23(21)31-18-15-29-13-16-30-17-14-29;/h3-10H,2,11-19H2,1H3,(H2,26,27,28);1H. The van der Waals surface area contributed by atoms with Gasteiger partial charge in [0.1, 0.15) is 18.2 Å². The molecule has 2 N–H and O–H groups in total. The summed E-state index contributed by atoms with van der Waals surface area (Å²) >= 11 is 0. The molecule has 0 radical (unpaired) electrons. The Labute approximate surface area is 207 Å². The van der Waals surface area contributed by atoms with E-state index < -0.39 is 0 Å². The minimum atomic E-state index is -0.172. The SMILES string of the molecule is CCNC(=NCc1ccccc1OCCN1CCOCC1)NCCc1ccccc1F.I. The van der Waals surface area contributed by atoms with Crippen molar-refractivity contribution in [3.05, 3.63) is 65.5 Å². The zero-order valence-electron chi connectivity index (χ0n) is 18.7. The molecule has 1 fully saturated rings. The third-order valence-corrected chi connectivity index (χ3v) is 5.14. The maximum absolute atomic E-state index is 13.8. The second-order valence-electron chi connectivity index (χ2n) is 7.37. The van der Waals surface area contributed by atoms with Crippen LogP contribution in [-0.4, -0.2) is 63.4 Å². The molecule has 6 nitrogen and oxygen atoms in total. The van der Waals surface area contributed by atoms with Crippen molar-refractivity contribution in [2.24, 2.45) is 4.99 Å². The van der Waals surface area contributed by atoms with Crippen LogP contribution in [0.2, 0.25) is 0 Å². The summed E-state index contributed by atoms with van der Waals surface area (Å²) in [6.45, 7) is 8.92. The third-order valence-electron chi connectivity index (χ3n) is 5.14. The molecule has 0 amide bonds. The van der Waals surface area contributed by atoms with E-state index in [1.807, 2.05) is 43.3 Å². The molecule has 32 heavy (non-hydrogen) atoms. The summed E-state index contributed by atoms with van der Waals surface area (Å²) in [7, 11) is 0. The number of rotatable bonds is 10. The van der Waals surface area contributed by atoms with Gasteiger partial charge in [-0.05, 0) is 31.0 Å². The van der Waals surface area contributed by atoms with Gasteiger partial charge in [-0.3, -0.25) is 4.90 Å². The lowest BCUT2D eigenvalue weighted by atomic mass is 10.1. The normalized spacial score (nSPS) is 14.5. The number of hydrogen-bond donors (Lipinski definition) is 2. The number of nitrogens with one attached hydrogen (secondary N) is 2. The molecule has 176 valence electrons. The molecule has 0 saturated carbocycles. The second-order valence-corrected chi connectivity index (χ2v) is 7.37. The fourth-order valence-corrected chi connectivity index (χ4v) is 3.41. The van der Waals surface area contributed by atoms with E-state index in [9.17, 15) is 4.39 Å². The van der Waals surface area contributed by atoms with Crippen molar-refractivity contribution in [2.45, 2.75) is 19.9 Å². The number of hydrogen-bond acceptors (Lipinski definition) is 4. The Morgan fingerprint density at radius 2 is 1.78 bits per heavy atom. The second kappa shape index (κ2) is 15.0. The van der Waals surface area contributed by atoms with E-state index in [1.54, 1.807) is 6.07 Å². The average molecular weight is 556 g/mol. The van der Waals surface area contributed by atoms with Gasteiger partial charge >= 0.3 is 0 Å². The topological polar surface area (TPSA) is 58.1 Å². The highest BCUT2D eigenvalue weighted by molar-refractivity contribution is 14.0. The first kappa shape index (κ1) is 26.3. The van der Waals surface area contributed by atoms with Crippen LogP contribution in [0.5, 0.6) is 5.75 Å². The van der Waals surface area contributed by atoms with Crippen molar-refractivity contribution in [2.75, 3.05) is 52.5 Å². The Morgan fingerprint density at radius 1 is 1.06 bits per heavy atom. The lowest BCUT2D eigenvalue weighted by molar-refractivity contribution is 0.0322. The van der Waals surface area contributed by atoms with E-state index in [0.717, 1.165) is 50.7 Å². The summed E-state index contributed by atoms with van der Waals surface area (Å²) in [5, 5.41) is 6.53. The van der Waals surface area contributed by atoms with Gasteiger partial charge in [-0.15, -0.1) is 24.0 Å². The fraction of sp³-hybridized carbons (Fsp3) is 0.458. The van der Waals surface area contributed by atoms with Crippen molar-refractivity contribution in [1.82, 2.24) is 15.5 Å². The molecule has 3 rings (SSSR count). The van der Waals surface area contributed by atoms with E-state index in [-0.39, 0.29) is 29.8 Å². The molecule has 0 unspecified atom stereocenters. The number of morpholine rings is 1. The van der Waals surface area contributed by atoms with Crippen LogP contribution >= 0.6 is 24.0 Å². The van der Waals surface area contributed by atoms with Gasteiger partial charge in [0, 0.05) is 38.3 Å². The van der Waals surface area contributed by atoms with E-state index in [4.69, 9.17) is 9.47 Å². The number of nitrogens with zero attached hydrogens (tertiary/aromatic N) is 2. The molecule has 1 aliphatic rings. The molecular formula is C24H34FIN4O2. The summed E-state index contributed by atoms with van der Waals surface area (Å²) in [5.74, 6) is 1.40. The number of para-hydroxylation sites is 1. The maximum Gasteiger partial charge on any atom is 0.191 e. The number of aliphatic imine (C=N–C) groups is 1. The monoisotopic (exact) mass is 556 g/mol. The van der Waals surface area contributed by atoms with Gasteiger partial charge in [-0.25, -0.2) is 9.38 Å². The zero-order valence-corrected chi connectivity index (χ0v) is 21.0. The number of halogens is 2. The summed E-state index contributed by atoms with van der Waals surface area (Å²) in [5.41, 5.74) is 1.74. The molecule has 8 heteroatoms. The van der Waals surface area contributed by atoms with Gasteiger partial charge in [0.15, 0.2) is 5.96 Å². The molecule has 2 aromatic rings. The molecule has 1 saturated heterocycles. The van der Waals surface area contributed by atoms with E-state index >= 15 is 0 Å². The van der Waals surface area contributed by atoms with Crippen LogP contribution in [0.1, 0.15) is 18.1 Å². The lowest BCUT2D eigenvalue weighted by Crippen LogP contribution is -2.38. The Balaban J connectivity index is 0.00000363. The van der Waals surface area contributed by atoms with Crippen LogP contribution in [0.3, 0.4) is 0 Å². The Morgan fingerprint density at radius 3 is 2.53 bits per heavy atom. The highest BCUT2D eigenvalue weighted by atomic mass is 127. The molecule has 1 heterocycles. The molecule has 2 aromatic carbocycles. The van der Waals surface area contributed by atoms with Gasteiger partial charge in [0.05, 0.1) is 19.8 Å². The van der Waals surface area contributed by atoms with Crippen LogP contribution in [-0.2, 0) is 17.7 Å². The molecule has 0 spiro atoms. The zero-order chi connectivity index (χ0) is 21.7. The van der Waals surface area contributed by atoms with Gasteiger partial charge in [0.25, 0.3) is 0 Å². The minimum Gasteiger partial charge on any atom is -0.492 e. The maximum atomic E-state index is 13.8. The van der Waals surface area contributed by atoms with Crippen LogP contribution in [0.25, 0.3) is 0 Å². The quantitative estimate of drug-likeness (QED) is 0.267. The summed E-state index contributed by atoms with van der Waals surface area (Å²) in [6.07, 6.45) is 0.596. The van der Waals surface area contributed by atoms with Crippen LogP contribution in [0.15, 0.2) is 53.5 Å². The van der Waals surface area contributed by atoms with Crippen molar-refractivity contribution in [3.8, 4) is 5.75 Å². The molecular weight excluding hydrogens is 522 g/mol. The van der Waals surface area contributed by atoms with Gasteiger partial charge in [0.2, 0.25) is 0 Å². The summed E-state index contributed by atoms with van der Waals surface area (Å²) in [6, 6.07) is 14.9. The highest BCUT2D eigenvalue weighted by Crippen LogP contribution is 2.19. The van der Waals surface area contributed by atoms with Crippen LogP contribution in [0.4, 0.5) is 4.39 Å². The van der Waals surface area contributed by atoms with E-state index in [1.165, 1.54) is 6.07 Å². The van der Waals surface area contributed by atoms with Crippen molar-refractivity contribution in [3.63, 3.8) is 0 Å². The molecule has 0 atom stereocenters. The van der Waals surface area contributed by atoms with Crippen molar-refractivity contribution in [1.29, 1.82) is 0 Å². The average Bonchev–Trinajstić information content (AvgIpc) is 2.80. The Hall–Kier alpha value is -1.91. The Bertz CT molecular complexity index is 831. The first-order chi connectivity index (χ1) is 15.3. The van der Waals surface area contributed by atoms with Crippen molar-refractivity contribution < 1.29 is 13.9 Å². The predicted octanol–water partition coefficient (Wildman–Crippen LogP) is 3.45. The minimum absolute atomic E-state index is 0. The summed E-state index contributed by atoms with van der Waals surface area (Å²) < 4.78 is 25.2. The Kier molecular flexibility index (Phi) is 12.4. The molecule has 0 aromatic heterocycles. The fourth-order valence-electron chi connectivity index (χ4n) is 3.41. The number of benzene rings is 2. The predicted molar refractivity (Wildman–Crippen MR) is 138 cm³/mol. The first-order valence-electron chi connectivity index (χ1n) is 11.0. The first-order valence-corrected chi connectivity index (χ1v) is 11.0. The van der Waals surface area contributed by atoms with E-state index in [2.05, 4.69) is 20.5 Å². The molecule has 0 bridgehead atoms. The third kappa shape index (κ3) is 8.91. The van der Waals surface area contributed by atoms with Crippen molar-refractivity contribution >= 4 is 29.9 Å². The summed E-state index contributed by atoms with van der Waals surface area (Å²) in [4.78, 5) is 7.04. The number of guanidine groups is 1. The largest absolute Gasteiger partial charge is 0.492 e. The van der Waals surface area contributed by atoms with Gasteiger partial charge in [-0.2, -0.15) is 0 Å². The van der Waals surface area contributed by atoms with Gasteiger partial charge < -0.3 is 20.1 Å². The number of ether oxygens (including phenoxy) is 2. The molecule has 0 aliphatic carbocycles. The van der Waals surface area contributed by atoms with Crippen LogP contribution in [0, 0.1) is 5.82 Å². The van der Waals surface area contributed by atoms with Crippen LogP contribution < -0.4 is 15.4 Å². The van der Waals surface area contributed by atoms with Gasteiger partial charge in [-0.1, -0.05) is 36.4 Å². The lowest BCUT2D eigenvalue weighted by Gasteiger charge is -2.26.